The molecule has 0 spiro atoms. The first kappa shape index (κ1) is 17.6. The van der Waals surface area contributed by atoms with Gasteiger partial charge in [0.1, 0.15) is 0 Å². The maximum absolute atomic E-state index is 12.3. The van der Waals surface area contributed by atoms with Crippen molar-refractivity contribution in [2.24, 2.45) is 5.41 Å². The quantitative estimate of drug-likeness (QED) is 0.485. The zero-order valence-electron chi connectivity index (χ0n) is 10.1. The summed E-state index contributed by atoms with van der Waals surface area (Å²) in [5, 5.41) is 9.75. The van der Waals surface area contributed by atoms with Crippen LogP contribution in [0.5, 0.6) is 0 Å². The Morgan fingerprint density at radius 1 is 1.35 bits per heavy atom. The number of rotatable bonds is 3. The first-order chi connectivity index (χ1) is 7.42. The average Bonchev–Trinajstić information content (AvgIpc) is 2.12. The van der Waals surface area contributed by atoms with E-state index in [1.54, 1.807) is 6.92 Å². The maximum Gasteiger partial charge on any atom is 0.305 e. The van der Waals surface area contributed by atoms with E-state index in [-0.39, 0.29) is 12.0 Å². The van der Waals surface area contributed by atoms with E-state index in [2.05, 4.69) is 11.6 Å². The zero-order valence-corrected chi connectivity index (χ0v) is 13.3. The molecule has 0 aliphatic carbocycles. The van der Waals surface area contributed by atoms with Crippen molar-refractivity contribution in [3.63, 3.8) is 0 Å². The molecule has 0 fully saturated rings. The van der Waals surface area contributed by atoms with Crippen LogP contribution < -0.4 is 0 Å². The summed E-state index contributed by atoms with van der Waals surface area (Å²) in [6, 6.07) is 0. The number of hydrogen-bond donors (Lipinski definition) is 1. The van der Waals surface area contributed by atoms with Gasteiger partial charge in [0.05, 0.1) is 6.61 Å². The van der Waals surface area contributed by atoms with Gasteiger partial charge >= 0.3 is 7.37 Å². The van der Waals surface area contributed by atoms with Crippen molar-refractivity contribution in [1.82, 2.24) is 0 Å². The largest absolute Gasteiger partial charge is 0.378 e. The lowest BCUT2D eigenvalue weighted by Gasteiger charge is -2.24. The molecule has 100 valence electrons. The second-order valence-electron chi connectivity index (χ2n) is 4.42. The number of halogens is 3. The Bertz CT molecular complexity index is 360. The molecule has 0 rings (SSSR count). The Kier molecular flexibility index (Phi) is 6.36. The number of aliphatic hydroxyl groups excluding tert-OH is 1. The van der Waals surface area contributed by atoms with Gasteiger partial charge < -0.3 is 9.63 Å². The molecular formula is C10H16Cl3O3P. The van der Waals surface area contributed by atoms with Crippen LogP contribution in [-0.2, 0) is 9.09 Å². The highest BCUT2D eigenvalue weighted by molar-refractivity contribution is 7.65. The zero-order chi connectivity index (χ0) is 13.9. The second-order valence-corrected chi connectivity index (χ2v) is 8.95. The predicted molar refractivity (Wildman–Crippen MR) is 72.8 cm³/mol. The fraction of sp³-hybridized carbons (Fsp3) is 0.800. The van der Waals surface area contributed by atoms with E-state index in [0.717, 1.165) is 0 Å². The highest BCUT2D eigenvalue weighted by Gasteiger charge is 2.45. The molecule has 17 heavy (non-hydrogen) atoms. The molecular weight excluding hydrogens is 305 g/mol. The molecule has 0 radical (unpaired) electrons. The summed E-state index contributed by atoms with van der Waals surface area (Å²) in [5.41, 5.74) is 2.03. The van der Waals surface area contributed by atoms with Crippen LogP contribution >= 0.6 is 42.2 Å². The van der Waals surface area contributed by atoms with E-state index in [9.17, 15) is 9.67 Å². The van der Waals surface area contributed by atoms with E-state index >= 15 is 0 Å². The monoisotopic (exact) mass is 320 g/mol. The molecule has 0 saturated heterocycles. The first-order valence-electron chi connectivity index (χ1n) is 4.96. The Labute approximate surface area is 117 Å². The van der Waals surface area contributed by atoms with Crippen molar-refractivity contribution in [3.8, 4) is 11.6 Å². The topological polar surface area (TPSA) is 46.5 Å². The van der Waals surface area contributed by atoms with Gasteiger partial charge in [0.15, 0.2) is 5.85 Å². The number of alkyl halides is 3. The Morgan fingerprint density at radius 3 is 2.12 bits per heavy atom. The van der Waals surface area contributed by atoms with Crippen LogP contribution in [0.1, 0.15) is 27.7 Å². The van der Waals surface area contributed by atoms with Crippen molar-refractivity contribution >= 4 is 42.2 Å². The minimum Gasteiger partial charge on any atom is -0.378 e. The van der Waals surface area contributed by atoms with Gasteiger partial charge in [-0.15, -0.1) is 0 Å². The third-order valence-corrected chi connectivity index (χ3v) is 4.70. The third kappa shape index (κ3) is 6.34. The normalized spacial score (nSPS) is 17.9. The van der Waals surface area contributed by atoms with Crippen molar-refractivity contribution < 1.29 is 14.2 Å². The van der Waals surface area contributed by atoms with Gasteiger partial charge in [-0.25, -0.2) is 0 Å². The highest BCUT2D eigenvalue weighted by Crippen LogP contribution is 2.57. The highest BCUT2D eigenvalue weighted by atomic mass is 35.6. The van der Waals surface area contributed by atoms with Gasteiger partial charge in [-0.3, -0.25) is 4.57 Å². The van der Waals surface area contributed by atoms with E-state index < -0.39 is 17.0 Å². The van der Waals surface area contributed by atoms with Crippen LogP contribution in [0.3, 0.4) is 0 Å². The van der Waals surface area contributed by atoms with E-state index in [1.807, 2.05) is 20.8 Å². The molecule has 2 unspecified atom stereocenters. The van der Waals surface area contributed by atoms with Gasteiger partial charge in [-0.05, 0) is 33.4 Å². The molecule has 0 amide bonds. The van der Waals surface area contributed by atoms with Crippen molar-refractivity contribution in [3.05, 3.63) is 0 Å². The van der Waals surface area contributed by atoms with Gasteiger partial charge in [0, 0.05) is 5.41 Å². The molecule has 2 atom stereocenters. The molecule has 3 nitrogen and oxygen atoms in total. The molecule has 1 N–H and O–H groups in total. The minimum absolute atomic E-state index is 0.105. The molecule has 0 aliphatic rings. The summed E-state index contributed by atoms with van der Waals surface area (Å²) in [6.45, 7) is 7.22. The van der Waals surface area contributed by atoms with E-state index in [0.29, 0.717) is 0 Å². The number of hydrogen-bond acceptors (Lipinski definition) is 3. The lowest BCUT2D eigenvalue weighted by Crippen LogP contribution is -2.25. The Hall–Kier alpha value is 0.580. The summed E-state index contributed by atoms with van der Waals surface area (Å²) in [4.78, 5) is 0. The summed E-state index contributed by atoms with van der Waals surface area (Å²) in [5.74, 6) is 0.958. The lowest BCUT2D eigenvalue weighted by molar-refractivity contribution is 0.218. The molecule has 0 saturated carbocycles. The van der Waals surface area contributed by atoms with Gasteiger partial charge in [0.2, 0.25) is 3.79 Å². The van der Waals surface area contributed by atoms with Crippen molar-refractivity contribution in [2.75, 3.05) is 6.61 Å². The van der Waals surface area contributed by atoms with Crippen LogP contribution in [-0.4, -0.2) is 21.4 Å². The van der Waals surface area contributed by atoms with Crippen LogP contribution in [0.25, 0.3) is 0 Å². The van der Waals surface area contributed by atoms with E-state index in [4.69, 9.17) is 39.3 Å². The fourth-order valence-corrected chi connectivity index (χ4v) is 3.54. The van der Waals surface area contributed by atoms with Crippen LogP contribution in [0.4, 0.5) is 0 Å². The molecule has 0 bridgehead atoms. The SMILES string of the molecule is CCOP(=O)(C#CC(C)(C)C)C(O)C(Cl)(Cl)Cl. The third-order valence-electron chi connectivity index (χ3n) is 1.52. The van der Waals surface area contributed by atoms with Gasteiger partial charge in [-0.1, -0.05) is 40.7 Å². The molecule has 0 heterocycles. The van der Waals surface area contributed by atoms with Crippen LogP contribution in [0.15, 0.2) is 0 Å². The standard InChI is InChI=1S/C10H16Cl3O3P/c1-5-16-17(15,7-6-9(2,3)4)8(14)10(11,12)13/h8,14H,5H2,1-4H3. The summed E-state index contributed by atoms with van der Waals surface area (Å²) < 4.78 is 15.2. The Morgan fingerprint density at radius 2 is 1.82 bits per heavy atom. The summed E-state index contributed by atoms with van der Waals surface area (Å²) in [6.07, 6.45) is 0. The summed E-state index contributed by atoms with van der Waals surface area (Å²) >= 11 is 16.5. The molecule has 7 heteroatoms. The molecule has 0 aromatic rings. The van der Waals surface area contributed by atoms with Gasteiger partial charge in [0.25, 0.3) is 0 Å². The summed E-state index contributed by atoms with van der Waals surface area (Å²) in [7, 11) is -3.73. The Balaban J connectivity index is 5.31. The van der Waals surface area contributed by atoms with Crippen LogP contribution in [0.2, 0.25) is 0 Å². The van der Waals surface area contributed by atoms with E-state index in [1.165, 1.54) is 0 Å². The average molecular weight is 322 g/mol. The molecule has 0 aromatic carbocycles. The predicted octanol–water partition coefficient (Wildman–Crippen LogP) is 4.00. The second kappa shape index (κ2) is 6.15. The first-order valence-corrected chi connectivity index (χ1v) is 7.78. The molecule has 0 aliphatic heterocycles. The number of aliphatic hydroxyl groups is 1. The van der Waals surface area contributed by atoms with Crippen molar-refractivity contribution in [2.45, 2.75) is 37.3 Å². The smallest absolute Gasteiger partial charge is 0.305 e. The van der Waals surface area contributed by atoms with Crippen LogP contribution in [0, 0.1) is 17.0 Å². The van der Waals surface area contributed by atoms with Crippen molar-refractivity contribution in [1.29, 1.82) is 0 Å². The fourth-order valence-electron chi connectivity index (χ4n) is 0.794. The minimum atomic E-state index is -3.73. The lowest BCUT2D eigenvalue weighted by atomic mass is 9.99. The molecule has 0 aromatic heterocycles. The maximum atomic E-state index is 12.3. The van der Waals surface area contributed by atoms with Gasteiger partial charge in [-0.2, -0.15) is 0 Å².